The third-order valence-corrected chi connectivity index (χ3v) is 9.97. The van der Waals surface area contributed by atoms with Crippen molar-refractivity contribution in [2.45, 2.75) is 63.2 Å². The summed E-state index contributed by atoms with van der Waals surface area (Å²) in [6, 6.07) is 12.2. The minimum atomic E-state index is -3.79. The maximum atomic E-state index is 13.7. The summed E-state index contributed by atoms with van der Waals surface area (Å²) in [6.07, 6.45) is 2.10. The van der Waals surface area contributed by atoms with E-state index in [1.54, 1.807) is 26.8 Å². The standard InChI is InChI=1S/C35H39N3O9S/c1-5-45-29(39)15-13-24-25(19-30(40)46-6-2)28(37-33(24)35(42)47-7-3)17-21-16-20-10-8-9-11-23(20)31(21)32-26-18-22(48(43,44)36-4)12-14-27(26)38-34(32)41/h8-12,14,16,18,31-32,36-37H,5-7,13,15,17,19H2,1-4H3,(H,38,41). The summed E-state index contributed by atoms with van der Waals surface area (Å²) in [7, 11) is -2.46. The fourth-order valence-electron chi connectivity index (χ4n) is 6.52. The van der Waals surface area contributed by atoms with Crippen LogP contribution in [0.5, 0.6) is 0 Å². The number of allylic oxidation sites excluding steroid dienone is 1. The highest BCUT2D eigenvalue weighted by Crippen LogP contribution is 2.51. The zero-order chi connectivity index (χ0) is 34.6. The molecular formula is C35H39N3O9S. The number of aromatic nitrogens is 1. The average Bonchev–Trinajstić information content (AvgIpc) is 3.69. The Morgan fingerprint density at radius 3 is 2.29 bits per heavy atom. The first-order valence-electron chi connectivity index (χ1n) is 15.9. The number of hydrogen-bond acceptors (Lipinski definition) is 9. The van der Waals surface area contributed by atoms with Gasteiger partial charge in [-0.2, -0.15) is 0 Å². The number of hydrogen-bond donors (Lipinski definition) is 3. The quantitative estimate of drug-likeness (QED) is 0.168. The van der Waals surface area contributed by atoms with Crippen LogP contribution in [-0.2, 0) is 57.9 Å². The van der Waals surface area contributed by atoms with E-state index in [9.17, 15) is 27.6 Å². The molecule has 254 valence electrons. The molecule has 2 aromatic carbocycles. The molecule has 1 amide bonds. The topological polar surface area (TPSA) is 170 Å². The second-order valence-corrected chi connectivity index (χ2v) is 13.3. The summed E-state index contributed by atoms with van der Waals surface area (Å²) in [5.41, 5.74) is 5.30. The lowest BCUT2D eigenvalue weighted by atomic mass is 9.78. The highest BCUT2D eigenvalue weighted by molar-refractivity contribution is 7.89. The lowest BCUT2D eigenvalue weighted by Gasteiger charge is -2.23. The van der Waals surface area contributed by atoms with Gasteiger partial charge in [-0.15, -0.1) is 0 Å². The summed E-state index contributed by atoms with van der Waals surface area (Å²) in [6.45, 7) is 5.56. The minimum absolute atomic E-state index is 0.0268. The Morgan fingerprint density at radius 2 is 1.58 bits per heavy atom. The zero-order valence-electron chi connectivity index (χ0n) is 27.3. The van der Waals surface area contributed by atoms with E-state index >= 15 is 0 Å². The maximum Gasteiger partial charge on any atom is 0.355 e. The van der Waals surface area contributed by atoms with Gasteiger partial charge in [0.1, 0.15) is 5.69 Å². The number of sulfonamides is 1. The zero-order valence-corrected chi connectivity index (χ0v) is 28.1. The Balaban J connectivity index is 1.62. The predicted octanol–water partition coefficient (Wildman–Crippen LogP) is 4.16. The largest absolute Gasteiger partial charge is 0.466 e. The van der Waals surface area contributed by atoms with Gasteiger partial charge < -0.3 is 24.5 Å². The molecule has 48 heavy (non-hydrogen) atoms. The van der Waals surface area contributed by atoms with Crippen molar-refractivity contribution in [1.29, 1.82) is 0 Å². The van der Waals surface area contributed by atoms with Gasteiger partial charge in [-0.1, -0.05) is 35.9 Å². The number of ether oxygens (including phenoxy) is 3. The lowest BCUT2D eigenvalue weighted by molar-refractivity contribution is -0.143. The Hall–Kier alpha value is -4.75. The molecule has 2 unspecified atom stereocenters. The van der Waals surface area contributed by atoms with Gasteiger partial charge in [0.05, 0.1) is 37.1 Å². The van der Waals surface area contributed by atoms with E-state index in [-0.39, 0.29) is 62.0 Å². The van der Waals surface area contributed by atoms with Crippen LogP contribution in [0.3, 0.4) is 0 Å². The van der Waals surface area contributed by atoms with Crippen molar-refractivity contribution in [2.75, 3.05) is 32.2 Å². The third-order valence-electron chi connectivity index (χ3n) is 8.56. The van der Waals surface area contributed by atoms with Crippen LogP contribution in [-0.4, -0.2) is 64.1 Å². The number of carbonyl (C=O) groups is 4. The van der Waals surface area contributed by atoms with Crippen molar-refractivity contribution in [3.8, 4) is 0 Å². The number of benzene rings is 2. The first-order chi connectivity index (χ1) is 23.0. The summed E-state index contributed by atoms with van der Waals surface area (Å²) in [4.78, 5) is 55.4. The number of fused-ring (bicyclic) bond motifs is 2. The summed E-state index contributed by atoms with van der Waals surface area (Å²) in [5.74, 6) is -3.13. The summed E-state index contributed by atoms with van der Waals surface area (Å²) < 4.78 is 43.5. The van der Waals surface area contributed by atoms with Crippen molar-refractivity contribution >= 4 is 45.6 Å². The normalized spacial score (nSPS) is 16.5. The van der Waals surface area contributed by atoms with E-state index in [0.29, 0.717) is 28.1 Å². The van der Waals surface area contributed by atoms with E-state index in [0.717, 1.165) is 16.7 Å². The molecule has 0 fully saturated rings. The number of carbonyl (C=O) groups excluding carboxylic acids is 4. The maximum absolute atomic E-state index is 13.7. The number of H-pyrrole nitrogens is 1. The molecule has 0 spiro atoms. The van der Waals surface area contributed by atoms with Crippen LogP contribution >= 0.6 is 0 Å². The lowest BCUT2D eigenvalue weighted by Crippen LogP contribution is -2.21. The molecular weight excluding hydrogens is 638 g/mol. The van der Waals surface area contributed by atoms with Gasteiger partial charge in [0.2, 0.25) is 15.9 Å². The Morgan fingerprint density at radius 1 is 0.875 bits per heavy atom. The molecule has 1 aromatic heterocycles. The van der Waals surface area contributed by atoms with Gasteiger partial charge in [0, 0.05) is 30.1 Å². The van der Waals surface area contributed by atoms with Crippen molar-refractivity contribution < 1.29 is 41.8 Å². The average molecular weight is 678 g/mol. The van der Waals surface area contributed by atoms with Crippen molar-refractivity contribution in [2.24, 2.45) is 0 Å². The van der Waals surface area contributed by atoms with E-state index in [1.807, 2.05) is 30.3 Å². The molecule has 0 radical (unpaired) electrons. The van der Waals surface area contributed by atoms with Crippen LogP contribution in [0.25, 0.3) is 6.08 Å². The monoisotopic (exact) mass is 677 g/mol. The van der Waals surface area contributed by atoms with Gasteiger partial charge >= 0.3 is 17.9 Å². The van der Waals surface area contributed by atoms with E-state index in [2.05, 4.69) is 15.0 Å². The molecule has 0 saturated carbocycles. The fourth-order valence-corrected chi connectivity index (χ4v) is 7.29. The summed E-state index contributed by atoms with van der Waals surface area (Å²) >= 11 is 0. The first kappa shape index (κ1) is 34.6. The number of anilines is 1. The van der Waals surface area contributed by atoms with Crippen LogP contribution < -0.4 is 10.0 Å². The van der Waals surface area contributed by atoms with E-state index < -0.39 is 39.8 Å². The number of amides is 1. The Kier molecular flexibility index (Phi) is 10.5. The van der Waals surface area contributed by atoms with Gasteiger partial charge in [-0.3, -0.25) is 14.4 Å². The molecule has 2 atom stereocenters. The molecule has 13 heteroatoms. The minimum Gasteiger partial charge on any atom is -0.466 e. The fraction of sp³-hybridized carbons (Fsp3) is 0.371. The second kappa shape index (κ2) is 14.6. The number of aromatic amines is 1. The van der Waals surface area contributed by atoms with Crippen LogP contribution in [0.15, 0.2) is 52.9 Å². The van der Waals surface area contributed by atoms with Crippen LogP contribution in [0.2, 0.25) is 0 Å². The molecule has 1 aliphatic heterocycles. The smallest absolute Gasteiger partial charge is 0.355 e. The van der Waals surface area contributed by atoms with Gasteiger partial charge in [-0.05, 0) is 80.3 Å². The molecule has 2 heterocycles. The van der Waals surface area contributed by atoms with Crippen molar-refractivity contribution in [1.82, 2.24) is 9.71 Å². The molecule has 0 bridgehead atoms. The Bertz CT molecular complexity index is 1890. The first-order valence-corrected chi connectivity index (χ1v) is 17.4. The van der Waals surface area contributed by atoms with Crippen molar-refractivity contribution in [3.63, 3.8) is 0 Å². The molecule has 5 rings (SSSR count). The molecule has 0 saturated heterocycles. The molecule has 12 nitrogen and oxygen atoms in total. The Labute approximate surface area is 279 Å². The van der Waals surface area contributed by atoms with Crippen LogP contribution in [0.4, 0.5) is 5.69 Å². The number of nitrogens with one attached hydrogen (secondary N) is 3. The predicted molar refractivity (Wildman–Crippen MR) is 177 cm³/mol. The highest BCUT2D eigenvalue weighted by Gasteiger charge is 2.43. The highest BCUT2D eigenvalue weighted by atomic mass is 32.2. The SMILES string of the molecule is CCOC(=O)CCc1c(C(=O)OCC)[nH]c(CC2=Cc3ccccc3C2C2C(=O)Nc3ccc(S(=O)(=O)NC)cc32)c1CC(=O)OCC. The van der Waals surface area contributed by atoms with E-state index in [4.69, 9.17) is 14.2 Å². The van der Waals surface area contributed by atoms with Crippen LogP contribution in [0, 0.1) is 0 Å². The van der Waals surface area contributed by atoms with Crippen LogP contribution in [0.1, 0.15) is 83.0 Å². The molecule has 3 N–H and O–H groups in total. The molecule has 2 aliphatic rings. The molecule has 3 aromatic rings. The van der Waals surface area contributed by atoms with Gasteiger partial charge in [0.25, 0.3) is 0 Å². The third kappa shape index (κ3) is 6.92. The molecule has 1 aliphatic carbocycles. The van der Waals surface area contributed by atoms with Gasteiger partial charge in [-0.25, -0.2) is 17.9 Å². The van der Waals surface area contributed by atoms with Gasteiger partial charge in [0.15, 0.2) is 0 Å². The van der Waals surface area contributed by atoms with Crippen molar-refractivity contribution in [3.05, 3.63) is 87.2 Å². The number of esters is 3. The second-order valence-electron chi connectivity index (χ2n) is 11.4. The van der Waals surface area contributed by atoms with E-state index in [1.165, 1.54) is 19.2 Å². The summed E-state index contributed by atoms with van der Waals surface area (Å²) in [5, 5.41) is 2.91. The number of rotatable bonds is 14.